The van der Waals surface area contributed by atoms with E-state index in [-0.39, 0.29) is 11.8 Å². The molecule has 0 aromatic carbocycles. The molecule has 0 aromatic heterocycles. The Morgan fingerprint density at radius 3 is 1.71 bits per heavy atom. The summed E-state index contributed by atoms with van der Waals surface area (Å²) >= 11 is 0. The highest BCUT2D eigenvalue weighted by Gasteiger charge is 2.13. The molecule has 142 valence electrons. The Balaban J connectivity index is 3.63. The van der Waals surface area contributed by atoms with E-state index in [2.05, 4.69) is 17.6 Å². The third-order valence-corrected chi connectivity index (χ3v) is 3.96. The van der Waals surface area contributed by atoms with Gasteiger partial charge in [-0.3, -0.25) is 9.59 Å². The van der Waals surface area contributed by atoms with E-state index >= 15 is 0 Å². The van der Waals surface area contributed by atoms with Crippen LogP contribution in [0.4, 0.5) is 0 Å². The molecular weight excluding hydrogens is 306 g/mol. The van der Waals surface area contributed by atoms with Crippen LogP contribution in [0, 0.1) is 0 Å². The van der Waals surface area contributed by atoms with Gasteiger partial charge in [-0.05, 0) is 45.1 Å². The molecule has 0 heterocycles. The summed E-state index contributed by atoms with van der Waals surface area (Å²) in [6, 6.07) is -0.937. The van der Waals surface area contributed by atoms with Gasteiger partial charge in [0, 0.05) is 13.1 Å². The minimum atomic E-state index is -0.471. The first-order valence-electron chi connectivity index (χ1n) is 9.29. The van der Waals surface area contributed by atoms with Crippen molar-refractivity contribution in [2.45, 2.75) is 76.8 Å². The average molecular weight is 344 g/mol. The van der Waals surface area contributed by atoms with Crippen LogP contribution in [0.1, 0.15) is 64.7 Å². The fourth-order valence-corrected chi connectivity index (χ4v) is 2.32. The fourth-order valence-electron chi connectivity index (χ4n) is 2.32. The molecule has 0 fully saturated rings. The molecule has 0 radical (unpaired) electrons. The molecule has 0 aromatic rings. The van der Waals surface area contributed by atoms with Crippen LogP contribution in [0.5, 0.6) is 0 Å². The van der Waals surface area contributed by atoms with Crippen LogP contribution in [-0.2, 0) is 9.59 Å². The zero-order valence-electron chi connectivity index (χ0n) is 15.2. The molecule has 0 bridgehead atoms. The summed E-state index contributed by atoms with van der Waals surface area (Å²) in [5.41, 5.74) is 17.1. The Morgan fingerprint density at radius 2 is 1.25 bits per heavy atom. The largest absolute Gasteiger partial charge is 0.355 e. The molecule has 0 aliphatic carbocycles. The molecule has 7 nitrogen and oxygen atoms in total. The first-order valence-corrected chi connectivity index (χ1v) is 9.29. The molecule has 0 saturated carbocycles. The van der Waals surface area contributed by atoms with Crippen molar-refractivity contribution in [3.8, 4) is 0 Å². The lowest BCUT2D eigenvalue weighted by atomic mass is 10.1. The first-order chi connectivity index (χ1) is 11.5. The van der Waals surface area contributed by atoms with E-state index in [1.54, 1.807) is 0 Å². The van der Waals surface area contributed by atoms with Gasteiger partial charge in [0.15, 0.2) is 0 Å². The van der Waals surface area contributed by atoms with Gasteiger partial charge in [-0.2, -0.15) is 0 Å². The number of hydrogen-bond donors (Lipinski definition) is 5. The smallest absolute Gasteiger partial charge is 0.236 e. The Kier molecular flexibility index (Phi) is 14.6. The lowest BCUT2D eigenvalue weighted by Crippen LogP contribution is -2.42. The maximum Gasteiger partial charge on any atom is 0.236 e. The molecule has 0 rings (SSSR count). The van der Waals surface area contributed by atoms with Gasteiger partial charge in [-0.15, -0.1) is 0 Å². The van der Waals surface area contributed by atoms with Crippen molar-refractivity contribution in [2.24, 2.45) is 17.2 Å². The van der Waals surface area contributed by atoms with E-state index < -0.39 is 12.1 Å². The molecule has 0 aliphatic rings. The standard InChI is InChI=1S/C17H37N5O2/c1-2-3-7-12-21-17(24)15(20)10-5-8-13-22-16(23)14(19)9-4-6-11-18/h14-15H,2-13,18-20H2,1H3,(H,21,24)(H,22,23). The second kappa shape index (κ2) is 15.4. The Bertz CT molecular complexity index is 339. The number of hydrogen-bond acceptors (Lipinski definition) is 5. The Hall–Kier alpha value is -1.18. The van der Waals surface area contributed by atoms with Crippen molar-refractivity contribution in [2.75, 3.05) is 19.6 Å². The van der Waals surface area contributed by atoms with Gasteiger partial charge in [0.1, 0.15) is 0 Å². The molecular formula is C17H37N5O2. The van der Waals surface area contributed by atoms with Crippen molar-refractivity contribution in [1.29, 1.82) is 0 Å². The van der Waals surface area contributed by atoms with Crippen LogP contribution in [-0.4, -0.2) is 43.5 Å². The molecule has 2 unspecified atom stereocenters. The highest BCUT2D eigenvalue weighted by Crippen LogP contribution is 2.01. The number of amides is 2. The normalized spacial score (nSPS) is 13.3. The highest BCUT2D eigenvalue weighted by molar-refractivity contribution is 5.81. The van der Waals surface area contributed by atoms with Gasteiger partial charge in [0.05, 0.1) is 12.1 Å². The lowest BCUT2D eigenvalue weighted by molar-refractivity contribution is -0.123. The van der Waals surface area contributed by atoms with Gasteiger partial charge in [0.25, 0.3) is 0 Å². The third kappa shape index (κ3) is 12.3. The van der Waals surface area contributed by atoms with Crippen molar-refractivity contribution in [3.63, 3.8) is 0 Å². The SMILES string of the molecule is CCCCCNC(=O)C(N)CCCCNC(=O)C(N)CCCCN. The monoisotopic (exact) mass is 343 g/mol. The van der Waals surface area contributed by atoms with E-state index in [1.165, 1.54) is 0 Å². The summed E-state index contributed by atoms with van der Waals surface area (Å²) in [7, 11) is 0. The van der Waals surface area contributed by atoms with Crippen LogP contribution in [0.3, 0.4) is 0 Å². The predicted molar refractivity (Wildman–Crippen MR) is 98.3 cm³/mol. The second-order valence-electron chi connectivity index (χ2n) is 6.28. The maximum atomic E-state index is 11.8. The molecule has 24 heavy (non-hydrogen) atoms. The number of nitrogens with two attached hydrogens (primary N) is 3. The summed E-state index contributed by atoms with van der Waals surface area (Å²) in [4.78, 5) is 23.5. The molecule has 2 atom stereocenters. The summed E-state index contributed by atoms with van der Waals surface area (Å²) < 4.78 is 0. The summed E-state index contributed by atoms with van der Waals surface area (Å²) in [5, 5.41) is 5.68. The quantitative estimate of drug-likeness (QED) is 0.274. The topological polar surface area (TPSA) is 136 Å². The minimum Gasteiger partial charge on any atom is -0.355 e. The lowest BCUT2D eigenvalue weighted by Gasteiger charge is -2.13. The molecule has 0 saturated heterocycles. The second-order valence-corrected chi connectivity index (χ2v) is 6.28. The number of unbranched alkanes of at least 4 members (excludes halogenated alkanes) is 4. The molecule has 0 spiro atoms. The number of carbonyl (C=O) groups excluding carboxylic acids is 2. The molecule has 2 amide bonds. The van der Waals surface area contributed by atoms with E-state index in [0.717, 1.165) is 44.9 Å². The summed E-state index contributed by atoms with van der Waals surface area (Å²) in [6.45, 7) is 4.01. The van der Waals surface area contributed by atoms with E-state index in [0.29, 0.717) is 32.5 Å². The number of rotatable bonds is 15. The Morgan fingerprint density at radius 1 is 0.792 bits per heavy atom. The van der Waals surface area contributed by atoms with E-state index in [9.17, 15) is 9.59 Å². The number of carbonyl (C=O) groups is 2. The van der Waals surface area contributed by atoms with Crippen molar-refractivity contribution < 1.29 is 9.59 Å². The first kappa shape index (κ1) is 22.8. The van der Waals surface area contributed by atoms with E-state index in [1.807, 2.05) is 0 Å². The average Bonchev–Trinajstić information content (AvgIpc) is 2.57. The third-order valence-electron chi connectivity index (χ3n) is 3.96. The van der Waals surface area contributed by atoms with Crippen LogP contribution in [0.25, 0.3) is 0 Å². The van der Waals surface area contributed by atoms with Crippen LogP contribution >= 0.6 is 0 Å². The molecule has 0 aliphatic heterocycles. The van der Waals surface area contributed by atoms with Gasteiger partial charge >= 0.3 is 0 Å². The highest BCUT2D eigenvalue weighted by atomic mass is 16.2. The fraction of sp³-hybridized carbons (Fsp3) is 0.882. The Labute approximate surface area is 146 Å². The zero-order valence-corrected chi connectivity index (χ0v) is 15.2. The van der Waals surface area contributed by atoms with Gasteiger partial charge < -0.3 is 27.8 Å². The van der Waals surface area contributed by atoms with Gasteiger partial charge in [-0.25, -0.2) is 0 Å². The number of nitrogens with one attached hydrogen (secondary N) is 2. The molecule has 7 heteroatoms. The minimum absolute atomic E-state index is 0.0861. The zero-order chi connectivity index (χ0) is 18.2. The molecule has 8 N–H and O–H groups in total. The van der Waals surface area contributed by atoms with Crippen molar-refractivity contribution in [3.05, 3.63) is 0 Å². The van der Waals surface area contributed by atoms with Crippen molar-refractivity contribution in [1.82, 2.24) is 10.6 Å². The van der Waals surface area contributed by atoms with E-state index in [4.69, 9.17) is 17.2 Å². The van der Waals surface area contributed by atoms with Crippen LogP contribution < -0.4 is 27.8 Å². The van der Waals surface area contributed by atoms with Gasteiger partial charge in [0.2, 0.25) is 11.8 Å². The van der Waals surface area contributed by atoms with Crippen LogP contribution in [0.2, 0.25) is 0 Å². The summed E-state index contributed by atoms with van der Waals surface area (Å²) in [5.74, 6) is -0.206. The maximum absolute atomic E-state index is 11.8. The summed E-state index contributed by atoms with van der Waals surface area (Å²) in [6.07, 6.45) is 7.86. The van der Waals surface area contributed by atoms with Crippen LogP contribution in [0.15, 0.2) is 0 Å². The predicted octanol–water partition coefficient (Wildman–Crippen LogP) is 0.363. The van der Waals surface area contributed by atoms with Gasteiger partial charge in [-0.1, -0.05) is 26.2 Å². The van der Waals surface area contributed by atoms with Crippen molar-refractivity contribution >= 4 is 11.8 Å².